The Balaban J connectivity index is 1.58. The van der Waals surface area contributed by atoms with E-state index in [1.807, 2.05) is 23.6 Å². The molecule has 7 nitrogen and oxygen atoms in total. The summed E-state index contributed by atoms with van der Waals surface area (Å²) >= 11 is 1.33. The van der Waals surface area contributed by atoms with Gasteiger partial charge in [0.25, 0.3) is 5.91 Å². The molecule has 0 aliphatic heterocycles. The molecule has 0 atom stereocenters. The molecule has 4 rings (SSSR count). The monoisotopic (exact) mass is 389 g/mol. The van der Waals surface area contributed by atoms with Gasteiger partial charge < -0.3 is 4.74 Å². The Morgan fingerprint density at radius 2 is 1.93 bits per heavy atom. The van der Waals surface area contributed by atoms with Crippen molar-refractivity contribution in [1.29, 1.82) is 0 Å². The zero-order valence-corrected chi connectivity index (χ0v) is 15.7. The fourth-order valence-corrected chi connectivity index (χ4v) is 3.31. The minimum absolute atomic E-state index is 0.286. The second kappa shape index (κ2) is 7.93. The van der Waals surface area contributed by atoms with Gasteiger partial charge in [-0.15, -0.1) is 11.3 Å². The number of pyridine rings is 3. The normalized spacial score (nSPS) is 10.5. The number of carbonyl (C=O) groups is 1. The summed E-state index contributed by atoms with van der Waals surface area (Å²) in [5, 5.41) is 5.15. The summed E-state index contributed by atoms with van der Waals surface area (Å²) in [7, 11) is 1.56. The summed E-state index contributed by atoms with van der Waals surface area (Å²) in [5.41, 5.74) is 3.13. The molecule has 4 aromatic heterocycles. The van der Waals surface area contributed by atoms with Crippen molar-refractivity contribution in [2.75, 3.05) is 12.4 Å². The van der Waals surface area contributed by atoms with Crippen LogP contribution in [-0.2, 0) is 0 Å². The minimum atomic E-state index is -0.286. The quantitative estimate of drug-likeness (QED) is 0.556. The molecular weight excluding hydrogens is 374 g/mol. The van der Waals surface area contributed by atoms with Gasteiger partial charge in [-0.2, -0.15) is 0 Å². The van der Waals surface area contributed by atoms with Crippen molar-refractivity contribution in [3.63, 3.8) is 0 Å². The molecular formula is C20H15N5O2S. The molecule has 0 spiro atoms. The molecule has 138 valence electrons. The van der Waals surface area contributed by atoms with Crippen LogP contribution in [0.1, 0.15) is 10.4 Å². The number of methoxy groups -OCH3 is 1. The first-order valence-electron chi connectivity index (χ1n) is 8.38. The number of nitrogens with one attached hydrogen (secondary N) is 1. The van der Waals surface area contributed by atoms with Crippen molar-refractivity contribution in [3.05, 3.63) is 72.0 Å². The van der Waals surface area contributed by atoms with Gasteiger partial charge in [0.05, 0.1) is 24.1 Å². The average molecular weight is 389 g/mol. The van der Waals surface area contributed by atoms with Gasteiger partial charge in [0.15, 0.2) is 5.13 Å². The highest BCUT2D eigenvalue weighted by molar-refractivity contribution is 7.14. The SMILES string of the molecule is COc1cccc(-c2csc(NC(=O)c3cccnc3-c3cccnc3)n2)n1. The van der Waals surface area contributed by atoms with Crippen molar-refractivity contribution in [1.82, 2.24) is 19.9 Å². The third-order valence-electron chi connectivity index (χ3n) is 3.91. The van der Waals surface area contributed by atoms with Crippen molar-refractivity contribution in [2.24, 2.45) is 0 Å². The maximum Gasteiger partial charge on any atom is 0.259 e. The van der Waals surface area contributed by atoms with Crippen LogP contribution in [0.2, 0.25) is 0 Å². The number of amides is 1. The summed E-state index contributed by atoms with van der Waals surface area (Å²) < 4.78 is 5.14. The van der Waals surface area contributed by atoms with Crippen molar-refractivity contribution < 1.29 is 9.53 Å². The lowest BCUT2D eigenvalue weighted by atomic mass is 10.1. The van der Waals surface area contributed by atoms with E-state index in [9.17, 15) is 4.79 Å². The number of rotatable bonds is 5. The number of thiazole rings is 1. The van der Waals surface area contributed by atoms with Gasteiger partial charge in [-0.3, -0.25) is 20.1 Å². The Kier molecular flexibility index (Phi) is 5.03. The summed E-state index contributed by atoms with van der Waals surface area (Å²) in [5.74, 6) is 0.221. The fourth-order valence-electron chi connectivity index (χ4n) is 2.61. The third-order valence-corrected chi connectivity index (χ3v) is 4.66. The molecule has 0 radical (unpaired) electrons. The summed E-state index contributed by atoms with van der Waals surface area (Å²) in [6.45, 7) is 0. The van der Waals surface area contributed by atoms with Crippen LogP contribution in [0, 0.1) is 0 Å². The van der Waals surface area contributed by atoms with Crippen molar-refractivity contribution >= 4 is 22.4 Å². The van der Waals surface area contributed by atoms with E-state index in [0.29, 0.717) is 33.7 Å². The summed E-state index contributed by atoms with van der Waals surface area (Å²) in [4.78, 5) is 30.1. The van der Waals surface area contributed by atoms with Crippen LogP contribution >= 0.6 is 11.3 Å². The van der Waals surface area contributed by atoms with E-state index in [-0.39, 0.29) is 5.91 Å². The molecule has 8 heteroatoms. The Labute approximate surface area is 165 Å². The number of nitrogens with zero attached hydrogens (tertiary/aromatic N) is 4. The van der Waals surface area contributed by atoms with Gasteiger partial charge >= 0.3 is 0 Å². The number of hydrogen-bond donors (Lipinski definition) is 1. The molecule has 0 saturated carbocycles. The maximum atomic E-state index is 12.8. The Hall–Kier alpha value is -3.65. The standard InChI is InChI=1S/C20H15N5O2S/c1-27-17-8-2-7-15(23-17)16-12-28-20(24-16)25-19(26)14-6-4-10-22-18(14)13-5-3-9-21-11-13/h2-12H,1H3,(H,24,25,26). The fraction of sp³-hybridized carbons (Fsp3) is 0.0500. The van der Waals surface area contributed by atoms with E-state index in [0.717, 1.165) is 5.56 Å². The first kappa shape index (κ1) is 17.7. The van der Waals surface area contributed by atoms with Gasteiger partial charge in [0, 0.05) is 35.6 Å². The lowest BCUT2D eigenvalue weighted by Gasteiger charge is -2.07. The van der Waals surface area contributed by atoms with Crippen molar-refractivity contribution in [2.45, 2.75) is 0 Å². The summed E-state index contributed by atoms with van der Waals surface area (Å²) in [6.07, 6.45) is 5.00. The Morgan fingerprint density at radius 1 is 1.04 bits per heavy atom. The molecule has 1 amide bonds. The molecule has 0 aliphatic rings. The number of anilines is 1. The van der Waals surface area contributed by atoms with Crippen LogP contribution in [0.3, 0.4) is 0 Å². The van der Waals surface area contributed by atoms with E-state index in [1.165, 1.54) is 11.3 Å². The lowest BCUT2D eigenvalue weighted by molar-refractivity contribution is 0.102. The third kappa shape index (κ3) is 3.72. The van der Waals surface area contributed by atoms with E-state index in [4.69, 9.17) is 4.74 Å². The van der Waals surface area contributed by atoms with Gasteiger partial charge in [0.1, 0.15) is 5.69 Å². The second-order valence-corrected chi connectivity index (χ2v) is 6.56. The zero-order chi connectivity index (χ0) is 19.3. The van der Waals surface area contributed by atoms with Crippen LogP contribution in [0.15, 0.2) is 66.4 Å². The average Bonchev–Trinajstić information content (AvgIpc) is 3.23. The minimum Gasteiger partial charge on any atom is -0.481 e. The molecule has 0 aromatic carbocycles. The van der Waals surface area contributed by atoms with Crippen LogP contribution in [0.25, 0.3) is 22.6 Å². The zero-order valence-electron chi connectivity index (χ0n) is 14.9. The predicted molar refractivity (Wildman–Crippen MR) is 107 cm³/mol. The second-order valence-electron chi connectivity index (χ2n) is 5.70. The predicted octanol–water partition coefficient (Wildman–Crippen LogP) is 3.92. The van der Waals surface area contributed by atoms with Gasteiger partial charge in [-0.25, -0.2) is 9.97 Å². The van der Waals surface area contributed by atoms with E-state index in [1.54, 1.807) is 50.0 Å². The highest BCUT2D eigenvalue weighted by Crippen LogP contribution is 2.26. The van der Waals surface area contributed by atoms with Gasteiger partial charge in [-0.05, 0) is 30.3 Å². The molecule has 0 saturated heterocycles. The number of ether oxygens (including phenoxy) is 1. The van der Waals surface area contributed by atoms with E-state index < -0.39 is 0 Å². The molecule has 0 aliphatic carbocycles. The smallest absolute Gasteiger partial charge is 0.259 e. The number of carbonyl (C=O) groups excluding carboxylic acids is 1. The van der Waals surface area contributed by atoms with E-state index in [2.05, 4.69) is 25.3 Å². The molecule has 28 heavy (non-hydrogen) atoms. The molecule has 0 fully saturated rings. The van der Waals surface area contributed by atoms with Crippen LogP contribution in [0.5, 0.6) is 5.88 Å². The maximum absolute atomic E-state index is 12.8. The Bertz CT molecular complexity index is 1110. The van der Waals surface area contributed by atoms with Gasteiger partial charge in [0.2, 0.25) is 5.88 Å². The number of aromatic nitrogens is 4. The largest absolute Gasteiger partial charge is 0.481 e. The van der Waals surface area contributed by atoms with E-state index >= 15 is 0 Å². The molecule has 0 bridgehead atoms. The molecule has 4 heterocycles. The number of hydrogen-bond acceptors (Lipinski definition) is 7. The Morgan fingerprint density at radius 3 is 2.75 bits per heavy atom. The first-order valence-corrected chi connectivity index (χ1v) is 9.26. The van der Waals surface area contributed by atoms with Crippen LogP contribution < -0.4 is 10.1 Å². The summed E-state index contributed by atoms with van der Waals surface area (Å²) in [6, 6.07) is 12.6. The van der Waals surface area contributed by atoms with Gasteiger partial charge in [-0.1, -0.05) is 6.07 Å². The highest BCUT2D eigenvalue weighted by atomic mass is 32.1. The van der Waals surface area contributed by atoms with Crippen molar-refractivity contribution in [3.8, 4) is 28.5 Å². The highest BCUT2D eigenvalue weighted by Gasteiger charge is 2.16. The van der Waals surface area contributed by atoms with Crippen LogP contribution in [0.4, 0.5) is 5.13 Å². The van der Waals surface area contributed by atoms with Crippen LogP contribution in [-0.4, -0.2) is 33.0 Å². The molecule has 1 N–H and O–H groups in total. The lowest BCUT2D eigenvalue weighted by Crippen LogP contribution is -2.13. The molecule has 0 unspecified atom stereocenters. The molecule has 4 aromatic rings. The first-order chi connectivity index (χ1) is 13.7. The topological polar surface area (TPSA) is 89.9 Å².